The van der Waals surface area contributed by atoms with Crippen LogP contribution in [-0.2, 0) is 16.6 Å². The fraction of sp³-hybridized carbons (Fsp3) is 0.500. The van der Waals surface area contributed by atoms with Gasteiger partial charge in [0.05, 0.1) is 17.0 Å². The van der Waals surface area contributed by atoms with E-state index in [2.05, 4.69) is 68.8 Å². The molecule has 8 heteroatoms. The third-order valence-corrected chi connectivity index (χ3v) is 8.46. The predicted octanol–water partition coefficient (Wildman–Crippen LogP) is 4.24. The average molecular weight is 518 g/mol. The molecule has 3 fully saturated rings. The monoisotopic (exact) mass is 517 g/mol. The second-order valence-electron chi connectivity index (χ2n) is 10.7. The number of carboxylic acid groups (broad SMARTS) is 1. The molecule has 0 radical (unpaired) electrons. The van der Waals surface area contributed by atoms with Gasteiger partial charge in [-0.3, -0.25) is 9.59 Å². The number of aromatic nitrogens is 2. The van der Waals surface area contributed by atoms with Crippen molar-refractivity contribution in [2.75, 3.05) is 44.2 Å². The fourth-order valence-electron chi connectivity index (χ4n) is 6.47. The lowest BCUT2D eigenvalue weighted by molar-refractivity contribution is -0.137. The van der Waals surface area contributed by atoms with Crippen molar-refractivity contribution in [3.63, 3.8) is 0 Å². The van der Waals surface area contributed by atoms with Crippen LogP contribution in [0.2, 0.25) is 0 Å². The number of benzene rings is 2. The molecular weight excluding hydrogens is 478 g/mol. The van der Waals surface area contributed by atoms with Crippen LogP contribution < -0.4 is 4.90 Å². The molecule has 0 unspecified atom stereocenters. The number of aryl methyl sites for hydroxylation is 1. The number of nitrogens with zero attached hydrogens (tertiary/aromatic N) is 5. The number of anilines is 1. The van der Waals surface area contributed by atoms with Crippen LogP contribution in [0.1, 0.15) is 38.5 Å². The van der Waals surface area contributed by atoms with Crippen LogP contribution in [0, 0.1) is 5.92 Å². The van der Waals surface area contributed by atoms with Gasteiger partial charge in [-0.15, -0.1) is 0 Å². The van der Waals surface area contributed by atoms with E-state index in [4.69, 9.17) is 14.9 Å². The van der Waals surface area contributed by atoms with Crippen molar-refractivity contribution in [3.05, 3.63) is 48.5 Å². The number of hydrogen-bond donors (Lipinski definition) is 1. The van der Waals surface area contributed by atoms with Gasteiger partial charge in [-0.2, -0.15) is 0 Å². The molecule has 0 bridgehead atoms. The number of likely N-dealkylation sites (tertiary alicyclic amines) is 2. The maximum absolute atomic E-state index is 13.5. The molecule has 3 saturated heterocycles. The van der Waals surface area contributed by atoms with E-state index in [1.54, 1.807) is 0 Å². The molecule has 3 aromatic rings. The van der Waals surface area contributed by atoms with Crippen LogP contribution >= 0.6 is 0 Å². The Morgan fingerprint density at radius 1 is 0.947 bits per heavy atom. The first-order chi connectivity index (χ1) is 18.6. The van der Waals surface area contributed by atoms with Crippen molar-refractivity contribution >= 4 is 29.1 Å². The van der Waals surface area contributed by atoms with Gasteiger partial charge < -0.3 is 24.4 Å². The largest absolute Gasteiger partial charge is 0.483 e. The number of rotatable bonds is 4. The second kappa shape index (κ2) is 12.0. The Bertz CT molecular complexity index is 1240. The highest BCUT2D eigenvalue weighted by molar-refractivity contribution is 5.82. The maximum atomic E-state index is 13.5. The number of carbonyl (C=O) groups excluding carboxylic acids is 1. The molecule has 3 aliphatic heterocycles. The lowest BCUT2D eigenvalue weighted by atomic mass is 9.94. The molecule has 1 amide bonds. The van der Waals surface area contributed by atoms with Crippen molar-refractivity contribution in [2.24, 2.45) is 13.0 Å². The number of piperidine rings is 2. The number of amides is 1. The smallest absolute Gasteiger partial charge is 0.290 e. The highest BCUT2D eigenvalue weighted by atomic mass is 16.3. The van der Waals surface area contributed by atoms with Crippen molar-refractivity contribution in [3.8, 4) is 11.4 Å². The van der Waals surface area contributed by atoms with Crippen LogP contribution in [-0.4, -0.2) is 82.1 Å². The molecule has 0 spiro atoms. The van der Waals surface area contributed by atoms with E-state index in [-0.39, 0.29) is 12.4 Å². The van der Waals surface area contributed by atoms with Crippen LogP contribution in [0.25, 0.3) is 22.4 Å². The highest BCUT2D eigenvalue weighted by Crippen LogP contribution is 2.30. The summed E-state index contributed by atoms with van der Waals surface area (Å²) < 4.78 is 2.17. The third kappa shape index (κ3) is 5.55. The molecule has 4 heterocycles. The molecular formula is C30H39N5O3. The molecule has 1 N–H and O–H groups in total. The zero-order valence-corrected chi connectivity index (χ0v) is 22.3. The van der Waals surface area contributed by atoms with Crippen molar-refractivity contribution in [1.82, 2.24) is 19.4 Å². The Hall–Kier alpha value is -3.39. The summed E-state index contributed by atoms with van der Waals surface area (Å²) >= 11 is 0. The number of carbonyl (C=O) groups is 2. The van der Waals surface area contributed by atoms with E-state index in [0.717, 1.165) is 74.3 Å². The minimum absolute atomic E-state index is 0.103. The molecule has 2 aromatic carbocycles. The zero-order chi connectivity index (χ0) is 26.5. The van der Waals surface area contributed by atoms with Crippen molar-refractivity contribution in [2.45, 2.75) is 44.6 Å². The van der Waals surface area contributed by atoms with E-state index < -0.39 is 0 Å². The first kappa shape index (κ1) is 26.2. The lowest BCUT2D eigenvalue weighted by Crippen LogP contribution is -2.50. The Morgan fingerprint density at radius 3 is 2.42 bits per heavy atom. The Kier molecular flexibility index (Phi) is 8.27. The number of hydrogen-bond acceptors (Lipinski definition) is 5. The summed E-state index contributed by atoms with van der Waals surface area (Å²) in [6, 6.07) is 17.7. The second-order valence-corrected chi connectivity index (χ2v) is 10.7. The number of fused-ring (bicyclic) bond motifs is 1. The van der Waals surface area contributed by atoms with Crippen LogP contribution in [0.3, 0.4) is 0 Å². The zero-order valence-electron chi connectivity index (χ0n) is 22.3. The first-order valence-electron chi connectivity index (χ1n) is 14.0. The van der Waals surface area contributed by atoms with Gasteiger partial charge in [-0.05, 0) is 75.9 Å². The summed E-state index contributed by atoms with van der Waals surface area (Å²) in [5.74, 6) is 1.46. The molecule has 8 nitrogen and oxygen atoms in total. The SMILES string of the molecule is Cn1c(-c2cccc(N3CCC[C@@H](C(=O)N4CCC(N5CCCC5)CC4)C3)c2)nc2ccccc21.O=CO. The minimum Gasteiger partial charge on any atom is -0.483 e. The summed E-state index contributed by atoms with van der Waals surface area (Å²) in [5, 5.41) is 6.89. The van der Waals surface area contributed by atoms with Crippen molar-refractivity contribution in [1.29, 1.82) is 0 Å². The normalized spacial score (nSPS) is 20.8. The molecule has 6 rings (SSSR count). The minimum atomic E-state index is -0.250. The average Bonchev–Trinajstić information content (AvgIpc) is 3.62. The quantitative estimate of drug-likeness (QED) is 0.522. The lowest BCUT2D eigenvalue weighted by Gasteiger charge is -2.40. The van der Waals surface area contributed by atoms with Gasteiger partial charge in [0.2, 0.25) is 5.91 Å². The van der Waals surface area contributed by atoms with Crippen molar-refractivity contribution < 1.29 is 14.7 Å². The summed E-state index contributed by atoms with van der Waals surface area (Å²) in [4.78, 5) is 33.9. The molecule has 1 aromatic heterocycles. The standard InChI is InChI=1S/C29H37N5O.CH2O2/c1-31-27-12-3-2-11-26(27)30-28(31)22-8-6-10-25(20-22)34-17-7-9-23(21-34)29(35)33-18-13-24(14-19-33)32-15-4-5-16-32;2-1-3/h2-3,6,8,10-12,20,23-24H,4-5,7,9,13-19,21H2,1H3;1H,(H,2,3)/t23-;/m1./s1. The van der Waals surface area contributed by atoms with E-state index in [1.807, 2.05) is 6.07 Å². The van der Waals surface area contributed by atoms with E-state index >= 15 is 0 Å². The van der Waals surface area contributed by atoms with Gasteiger partial charge in [0.25, 0.3) is 6.47 Å². The van der Waals surface area contributed by atoms with Crippen LogP contribution in [0.5, 0.6) is 0 Å². The summed E-state index contributed by atoms with van der Waals surface area (Å²) in [5.41, 5.74) is 4.48. The first-order valence-corrected chi connectivity index (χ1v) is 14.0. The van der Waals surface area contributed by atoms with Crippen LogP contribution in [0.4, 0.5) is 5.69 Å². The third-order valence-electron chi connectivity index (χ3n) is 8.46. The predicted molar refractivity (Wildman–Crippen MR) is 150 cm³/mol. The molecule has 0 saturated carbocycles. The fourth-order valence-corrected chi connectivity index (χ4v) is 6.47. The Balaban J connectivity index is 0.000000937. The molecule has 0 aliphatic carbocycles. The van der Waals surface area contributed by atoms with E-state index in [9.17, 15) is 4.79 Å². The van der Waals surface area contributed by atoms with Crippen LogP contribution in [0.15, 0.2) is 48.5 Å². The van der Waals surface area contributed by atoms with Gasteiger partial charge in [-0.25, -0.2) is 4.98 Å². The Morgan fingerprint density at radius 2 is 1.68 bits per heavy atom. The maximum Gasteiger partial charge on any atom is 0.290 e. The van der Waals surface area contributed by atoms with Gasteiger partial charge in [0.1, 0.15) is 5.82 Å². The Labute approximate surface area is 224 Å². The van der Waals surface area contributed by atoms with Gasteiger partial charge in [-0.1, -0.05) is 24.3 Å². The van der Waals surface area contributed by atoms with Gasteiger partial charge in [0.15, 0.2) is 0 Å². The van der Waals surface area contributed by atoms with E-state index in [1.165, 1.54) is 31.6 Å². The summed E-state index contributed by atoms with van der Waals surface area (Å²) in [7, 11) is 2.08. The number of para-hydroxylation sites is 2. The van der Waals surface area contributed by atoms with Gasteiger partial charge in [0, 0.05) is 50.5 Å². The summed E-state index contributed by atoms with van der Waals surface area (Å²) in [6.07, 6.45) is 7.04. The molecule has 3 aliphatic rings. The van der Waals surface area contributed by atoms with E-state index in [0.29, 0.717) is 11.9 Å². The highest BCUT2D eigenvalue weighted by Gasteiger charge is 2.33. The molecule has 1 atom stereocenters. The van der Waals surface area contributed by atoms with Gasteiger partial charge >= 0.3 is 0 Å². The number of imidazole rings is 1. The molecule has 38 heavy (non-hydrogen) atoms. The molecule has 202 valence electrons. The topological polar surface area (TPSA) is 81.9 Å². The summed E-state index contributed by atoms with van der Waals surface area (Å²) in [6.45, 7) is 5.94.